The summed E-state index contributed by atoms with van der Waals surface area (Å²) in [5, 5.41) is 9.54. The first-order valence-corrected chi connectivity index (χ1v) is 12.4. The molecule has 176 valence electrons. The van der Waals surface area contributed by atoms with Gasteiger partial charge in [0, 0.05) is 12.2 Å². The van der Waals surface area contributed by atoms with Crippen LogP contribution in [0.5, 0.6) is 0 Å². The fourth-order valence-corrected chi connectivity index (χ4v) is 5.21. The van der Waals surface area contributed by atoms with Gasteiger partial charge in [0.15, 0.2) is 5.16 Å². The van der Waals surface area contributed by atoms with E-state index in [0.29, 0.717) is 28.4 Å². The number of aryl methyl sites for hydroxylation is 1. The Morgan fingerprint density at radius 1 is 0.971 bits per heavy atom. The summed E-state index contributed by atoms with van der Waals surface area (Å²) in [6.07, 6.45) is 0. The number of anilines is 1. The summed E-state index contributed by atoms with van der Waals surface area (Å²) in [7, 11) is 0. The zero-order valence-corrected chi connectivity index (χ0v) is 20.6. The number of hydrogen-bond acceptors (Lipinski definition) is 5. The van der Waals surface area contributed by atoms with Crippen LogP contribution in [0.4, 0.5) is 5.69 Å². The molecule has 2 aromatic heterocycles. The molecule has 2 heterocycles. The van der Waals surface area contributed by atoms with Crippen molar-refractivity contribution in [2.75, 3.05) is 11.4 Å². The molecule has 8 heteroatoms. The van der Waals surface area contributed by atoms with Gasteiger partial charge in [0.1, 0.15) is 0 Å². The lowest BCUT2D eigenvalue weighted by molar-refractivity contribution is -0.117. The van der Waals surface area contributed by atoms with Crippen LogP contribution in [0.3, 0.4) is 0 Å². The van der Waals surface area contributed by atoms with Gasteiger partial charge in [-0.15, -0.1) is 10.2 Å². The lowest BCUT2D eigenvalue weighted by Gasteiger charge is -2.24. The predicted molar refractivity (Wildman–Crippen MR) is 141 cm³/mol. The third-order valence-corrected chi connectivity index (χ3v) is 7.06. The Labute approximate surface area is 207 Å². The first-order chi connectivity index (χ1) is 17.0. The molecule has 0 spiro atoms. The van der Waals surface area contributed by atoms with Gasteiger partial charge >= 0.3 is 0 Å². The Hall–Kier alpha value is -3.91. The second kappa shape index (κ2) is 9.38. The van der Waals surface area contributed by atoms with Crippen molar-refractivity contribution < 1.29 is 4.79 Å². The van der Waals surface area contributed by atoms with Gasteiger partial charge in [-0.1, -0.05) is 60.3 Å². The smallest absolute Gasteiger partial charge is 0.267 e. The van der Waals surface area contributed by atoms with E-state index in [9.17, 15) is 9.59 Å². The second-order valence-electron chi connectivity index (χ2n) is 8.24. The van der Waals surface area contributed by atoms with Crippen molar-refractivity contribution >= 4 is 40.0 Å². The first-order valence-electron chi connectivity index (χ1n) is 11.5. The maximum Gasteiger partial charge on any atom is 0.267 e. The van der Waals surface area contributed by atoms with E-state index in [1.807, 2.05) is 104 Å². The summed E-state index contributed by atoms with van der Waals surface area (Å²) in [6, 6.07) is 24.8. The highest BCUT2D eigenvalue weighted by molar-refractivity contribution is 8.00. The molecule has 5 aromatic rings. The van der Waals surface area contributed by atoms with Crippen LogP contribution in [-0.4, -0.2) is 36.9 Å². The second-order valence-corrected chi connectivity index (χ2v) is 9.55. The molecule has 0 N–H and O–H groups in total. The fourth-order valence-electron chi connectivity index (χ4n) is 4.29. The molecule has 35 heavy (non-hydrogen) atoms. The molecule has 7 nitrogen and oxygen atoms in total. The van der Waals surface area contributed by atoms with Crippen molar-refractivity contribution in [1.29, 1.82) is 0 Å². The fraction of sp³-hybridized carbons (Fsp3) is 0.185. The van der Waals surface area contributed by atoms with E-state index in [1.165, 1.54) is 11.8 Å². The highest BCUT2D eigenvalue weighted by Crippen LogP contribution is 2.28. The number of aromatic nitrogens is 4. The largest absolute Gasteiger partial charge is 0.312 e. The van der Waals surface area contributed by atoms with Crippen molar-refractivity contribution in [2.45, 2.75) is 31.2 Å². The summed E-state index contributed by atoms with van der Waals surface area (Å²) in [5.74, 6) is 0.400. The lowest BCUT2D eigenvalue weighted by atomic mass is 10.2. The van der Waals surface area contributed by atoms with Crippen molar-refractivity contribution in [3.05, 3.63) is 94.8 Å². The minimum Gasteiger partial charge on any atom is -0.312 e. The molecule has 3 aromatic carbocycles. The zero-order valence-electron chi connectivity index (χ0n) is 19.8. The Kier molecular flexibility index (Phi) is 6.13. The summed E-state index contributed by atoms with van der Waals surface area (Å²) in [4.78, 5) is 28.7. The summed E-state index contributed by atoms with van der Waals surface area (Å²) >= 11 is 1.34. The molecule has 1 amide bonds. The van der Waals surface area contributed by atoms with Gasteiger partial charge in [-0.3, -0.25) is 14.0 Å². The van der Waals surface area contributed by atoms with Crippen LogP contribution in [-0.2, 0) is 4.79 Å². The molecule has 1 atom stereocenters. The normalized spacial score (nSPS) is 12.2. The van der Waals surface area contributed by atoms with Crippen LogP contribution in [0.1, 0.15) is 19.4 Å². The molecule has 0 saturated carbocycles. The maximum absolute atomic E-state index is 13.5. The van der Waals surface area contributed by atoms with Crippen LogP contribution in [0.15, 0.2) is 88.8 Å². The Morgan fingerprint density at radius 2 is 1.66 bits per heavy atom. The molecular formula is C27H25N5O2S. The van der Waals surface area contributed by atoms with E-state index < -0.39 is 5.25 Å². The number of carbonyl (C=O) groups is 1. The van der Waals surface area contributed by atoms with Crippen LogP contribution in [0.25, 0.3) is 22.4 Å². The third-order valence-electron chi connectivity index (χ3n) is 6.03. The van der Waals surface area contributed by atoms with Crippen LogP contribution in [0, 0.1) is 6.92 Å². The van der Waals surface area contributed by atoms with Crippen LogP contribution in [0.2, 0.25) is 0 Å². The lowest BCUT2D eigenvalue weighted by Crippen LogP contribution is -2.36. The molecule has 0 fully saturated rings. The van der Waals surface area contributed by atoms with Gasteiger partial charge in [-0.2, -0.15) is 0 Å². The molecule has 0 radical (unpaired) electrons. The standard InChI is InChI=1S/C27H25N5O2S/c1-4-30(20-13-6-5-7-14-20)24(33)19(3)35-27-29-28-26-31(22-16-10-8-12-18(22)2)25(34)21-15-9-11-17-23(21)32(26)27/h5-17,19H,4H2,1-3H3. The Bertz CT molecular complexity index is 1590. The number of hydrogen-bond donors (Lipinski definition) is 0. The predicted octanol–water partition coefficient (Wildman–Crippen LogP) is 4.88. The minimum atomic E-state index is -0.417. The van der Waals surface area contributed by atoms with Crippen LogP contribution < -0.4 is 10.5 Å². The Morgan fingerprint density at radius 3 is 2.40 bits per heavy atom. The van der Waals surface area contributed by atoms with Crippen molar-refractivity contribution in [3.8, 4) is 5.69 Å². The van der Waals surface area contributed by atoms with E-state index >= 15 is 0 Å². The average molecular weight is 484 g/mol. The number of benzene rings is 3. The SMILES string of the molecule is CCN(C(=O)C(C)Sc1nnc2n(-c3ccccc3C)c(=O)c3ccccc3n12)c1ccccc1. The van der Waals surface area contributed by atoms with Crippen molar-refractivity contribution in [3.63, 3.8) is 0 Å². The first kappa shape index (κ1) is 22.9. The molecule has 0 aliphatic rings. The van der Waals surface area contributed by atoms with Crippen molar-refractivity contribution in [1.82, 2.24) is 19.2 Å². The van der Waals surface area contributed by atoms with Gasteiger partial charge in [-0.05, 0) is 56.7 Å². The van der Waals surface area contributed by atoms with E-state index in [4.69, 9.17) is 0 Å². The van der Waals surface area contributed by atoms with Gasteiger partial charge in [0.05, 0.1) is 21.8 Å². The number of para-hydroxylation sites is 3. The van der Waals surface area contributed by atoms with E-state index in [-0.39, 0.29) is 11.5 Å². The molecule has 0 aliphatic heterocycles. The number of rotatable bonds is 6. The van der Waals surface area contributed by atoms with Gasteiger partial charge in [0.2, 0.25) is 11.7 Å². The van der Waals surface area contributed by atoms with E-state index in [1.54, 1.807) is 9.47 Å². The number of fused-ring (bicyclic) bond motifs is 3. The Balaban J connectivity index is 1.63. The van der Waals surface area contributed by atoms with Gasteiger partial charge in [-0.25, -0.2) is 4.57 Å². The summed E-state index contributed by atoms with van der Waals surface area (Å²) < 4.78 is 3.47. The summed E-state index contributed by atoms with van der Waals surface area (Å²) in [5.41, 5.74) is 3.12. The number of amides is 1. The van der Waals surface area contributed by atoms with Crippen LogP contribution >= 0.6 is 11.8 Å². The molecule has 0 aliphatic carbocycles. The molecule has 5 rings (SSSR count). The van der Waals surface area contributed by atoms with E-state index in [0.717, 1.165) is 16.9 Å². The maximum atomic E-state index is 13.5. The number of carbonyl (C=O) groups excluding carboxylic acids is 1. The zero-order chi connectivity index (χ0) is 24.5. The molecule has 0 saturated heterocycles. The average Bonchev–Trinajstić information content (AvgIpc) is 3.29. The number of nitrogens with zero attached hydrogens (tertiary/aromatic N) is 5. The van der Waals surface area contributed by atoms with E-state index in [2.05, 4.69) is 10.2 Å². The molecular weight excluding hydrogens is 458 g/mol. The molecule has 0 bridgehead atoms. The van der Waals surface area contributed by atoms with Gasteiger partial charge < -0.3 is 4.90 Å². The highest BCUT2D eigenvalue weighted by Gasteiger charge is 2.25. The van der Waals surface area contributed by atoms with Gasteiger partial charge in [0.25, 0.3) is 5.56 Å². The highest BCUT2D eigenvalue weighted by atomic mass is 32.2. The topological polar surface area (TPSA) is 72.5 Å². The quantitative estimate of drug-likeness (QED) is 0.322. The van der Waals surface area contributed by atoms with Crippen molar-refractivity contribution in [2.24, 2.45) is 0 Å². The summed E-state index contributed by atoms with van der Waals surface area (Å²) in [6.45, 7) is 6.36. The monoisotopic (exact) mass is 483 g/mol. The molecule has 1 unspecified atom stereocenters. The third kappa shape index (κ3) is 4.00. The number of thioether (sulfide) groups is 1. The minimum absolute atomic E-state index is 0.0167.